The lowest BCUT2D eigenvalue weighted by molar-refractivity contribution is -0.217. The van der Waals surface area contributed by atoms with E-state index in [1.807, 2.05) is 4.33 Å². The second-order valence-corrected chi connectivity index (χ2v) is 2.48. The van der Waals surface area contributed by atoms with Crippen molar-refractivity contribution in [2.24, 2.45) is 0 Å². The third-order valence-corrected chi connectivity index (χ3v) is 1.12. The zero-order chi connectivity index (χ0) is 7.71. The summed E-state index contributed by atoms with van der Waals surface area (Å²) in [4.78, 5) is 0. The normalized spacial score (nSPS) is 13.8. The molecule has 1 radical (unpaired) electrons. The summed E-state index contributed by atoms with van der Waals surface area (Å²) in [5, 5.41) is 8.79. The van der Waals surface area contributed by atoms with Crippen LogP contribution in [0, 0.1) is 0 Å². The van der Waals surface area contributed by atoms with Crippen molar-refractivity contribution in [2.45, 2.75) is 5.51 Å². The maximum Gasteiger partial charge on any atom is 0.525 e. The molecule has 0 amide bonds. The highest BCUT2D eigenvalue weighted by Crippen LogP contribution is 2.23. The average molecular weight is 165 g/mol. The van der Waals surface area contributed by atoms with Crippen molar-refractivity contribution in [1.82, 2.24) is 0 Å². The Labute approximate surface area is 47.9 Å². The molecule has 0 atom stereocenters. The molecule has 55 valence electrons. The Morgan fingerprint density at radius 1 is 1.22 bits per heavy atom. The monoisotopic (exact) mass is 165 g/mol. The first kappa shape index (κ1) is 8.66. The van der Waals surface area contributed by atoms with Crippen LogP contribution in [0.3, 0.4) is 0 Å². The molecule has 0 N–H and O–H groups in total. The Bertz CT molecular complexity index is 176. The molecule has 0 aliphatic rings. The van der Waals surface area contributed by atoms with E-state index in [1.54, 1.807) is 0 Å². The molecule has 0 bridgehead atoms. The summed E-state index contributed by atoms with van der Waals surface area (Å²) < 4.78 is 53.4. The van der Waals surface area contributed by atoms with Crippen LogP contribution in [0.5, 0.6) is 0 Å². The molecule has 0 rings (SSSR count). The summed E-state index contributed by atoms with van der Waals surface area (Å²) in [5.41, 5.74) is -5.62. The van der Waals surface area contributed by atoms with Crippen molar-refractivity contribution < 1.29 is 31.2 Å². The molecule has 0 fully saturated rings. The largest absolute Gasteiger partial charge is 0.525 e. The first-order chi connectivity index (χ1) is 3.81. The van der Waals surface area contributed by atoms with Gasteiger partial charge in [-0.15, -0.1) is 0 Å². The van der Waals surface area contributed by atoms with Crippen LogP contribution in [0.1, 0.15) is 0 Å². The summed E-state index contributed by atoms with van der Waals surface area (Å²) in [7, 11) is -5.89. The van der Waals surface area contributed by atoms with Gasteiger partial charge < -0.3 is 0 Å². The lowest BCUT2D eigenvalue weighted by atomic mass is 11.6. The van der Waals surface area contributed by atoms with E-state index < -0.39 is 15.6 Å². The molecule has 0 unspecified atom stereocenters. The molecule has 0 aliphatic heterocycles. The Morgan fingerprint density at radius 2 is 1.56 bits per heavy atom. The van der Waals surface area contributed by atoms with E-state index in [-0.39, 0.29) is 0 Å². The molecule has 0 heterocycles. The van der Waals surface area contributed by atoms with Crippen molar-refractivity contribution >= 4 is 10.1 Å². The molecule has 0 aromatic carbocycles. The molecule has 0 aliphatic carbocycles. The maximum atomic E-state index is 10.9. The minimum Gasteiger partial charge on any atom is -0.187 e. The van der Waals surface area contributed by atoms with E-state index in [1.165, 1.54) is 0 Å². The van der Waals surface area contributed by atoms with Crippen LogP contribution in [0.2, 0.25) is 0 Å². The Morgan fingerprint density at radius 3 is 1.56 bits per heavy atom. The maximum absolute atomic E-state index is 10.9. The molecule has 0 aromatic rings. The van der Waals surface area contributed by atoms with Crippen molar-refractivity contribution in [3.05, 3.63) is 0 Å². The number of halogens is 3. The van der Waals surface area contributed by atoms with Crippen LogP contribution in [-0.2, 0) is 19.7 Å². The summed E-state index contributed by atoms with van der Waals surface area (Å²) >= 11 is 0. The topological polar surface area (TPSA) is 63.3 Å². The van der Waals surface area contributed by atoms with Gasteiger partial charge in [0.1, 0.15) is 0 Å². The van der Waals surface area contributed by atoms with Gasteiger partial charge in [-0.3, -0.25) is 0 Å². The lowest BCUT2D eigenvalue weighted by Gasteiger charge is -1.99. The van der Waals surface area contributed by atoms with Crippen molar-refractivity contribution in [3.63, 3.8) is 0 Å². The minimum atomic E-state index is -5.89. The summed E-state index contributed by atoms with van der Waals surface area (Å²) in [5.74, 6) is 0. The van der Waals surface area contributed by atoms with E-state index in [0.717, 1.165) is 0 Å². The smallest absolute Gasteiger partial charge is 0.187 e. The average Bonchev–Trinajstić information content (AvgIpc) is 1.64. The molecular weight excluding hydrogens is 165 g/mol. The molecule has 0 spiro atoms. The van der Waals surface area contributed by atoms with Gasteiger partial charge in [0.05, 0.1) is 0 Å². The number of hydrogen-bond acceptors (Lipinski definition) is 3. The molecule has 8 heteroatoms. The molecule has 0 saturated carbocycles. The van der Waals surface area contributed by atoms with Gasteiger partial charge in [-0.25, -0.2) is 0 Å². The quantitative estimate of drug-likeness (QED) is 0.316. The fourth-order valence-corrected chi connectivity index (χ4v) is 0.116. The molecular formula is CF3O4S. The first-order valence-electron chi connectivity index (χ1n) is 1.44. The van der Waals surface area contributed by atoms with Gasteiger partial charge in [0.2, 0.25) is 0 Å². The van der Waals surface area contributed by atoms with E-state index in [0.29, 0.717) is 0 Å². The van der Waals surface area contributed by atoms with Crippen LogP contribution in [0.25, 0.3) is 0 Å². The Balaban J connectivity index is 4.57. The van der Waals surface area contributed by atoms with Gasteiger partial charge in [-0.05, 0) is 5.26 Å². The van der Waals surface area contributed by atoms with Crippen molar-refractivity contribution in [3.8, 4) is 0 Å². The van der Waals surface area contributed by atoms with Crippen LogP contribution < -0.4 is 0 Å². The number of alkyl halides is 3. The Kier molecular flexibility index (Phi) is 2.04. The molecule has 0 aromatic heterocycles. The number of rotatable bonds is 1. The fraction of sp³-hybridized carbons (Fsp3) is 1.00. The molecule has 4 nitrogen and oxygen atoms in total. The van der Waals surface area contributed by atoms with Crippen LogP contribution in [0.15, 0.2) is 0 Å². The van der Waals surface area contributed by atoms with E-state index in [4.69, 9.17) is 5.26 Å². The third-order valence-electron chi connectivity index (χ3n) is 0.373. The van der Waals surface area contributed by atoms with Crippen LogP contribution >= 0.6 is 0 Å². The van der Waals surface area contributed by atoms with Crippen molar-refractivity contribution in [2.75, 3.05) is 0 Å². The first-order valence-corrected chi connectivity index (χ1v) is 2.85. The van der Waals surface area contributed by atoms with E-state index >= 15 is 0 Å². The van der Waals surface area contributed by atoms with Crippen LogP contribution in [-0.4, -0.2) is 13.9 Å². The van der Waals surface area contributed by atoms with Crippen molar-refractivity contribution in [1.29, 1.82) is 0 Å². The lowest BCUT2D eigenvalue weighted by Crippen LogP contribution is -2.23. The van der Waals surface area contributed by atoms with E-state index in [2.05, 4.69) is 0 Å². The van der Waals surface area contributed by atoms with Gasteiger partial charge >= 0.3 is 15.6 Å². The number of hydrogen-bond donors (Lipinski definition) is 0. The second-order valence-electron chi connectivity index (χ2n) is 0.968. The Hall–Kier alpha value is -0.340. The van der Waals surface area contributed by atoms with Gasteiger partial charge in [0.15, 0.2) is 0 Å². The third kappa shape index (κ3) is 1.80. The predicted molar refractivity (Wildman–Crippen MR) is 16.7 cm³/mol. The SMILES string of the molecule is [O]OS(=O)(=O)C(F)(F)F. The zero-order valence-corrected chi connectivity index (χ0v) is 4.49. The second kappa shape index (κ2) is 2.12. The highest BCUT2D eigenvalue weighted by atomic mass is 32.2. The van der Waals surface area contributed by atoms with Gasteiger partial charge in [0, 0.05) is 0 Å². The summed E-state index contributed by atoms with van der Waals surface area (Å²) in [6.45, 7) is 0. The summed E-state index contributed by atoms with van der Waals surface area (Å²) in [6.07, 6.45) is 0. The predicted octanol–water partition coefficient (Wildman–Crippen LogP) is 0.198. The zero-order valence-electron chi connectivity index (χ0n) is 3.68. The van der Waals surface area contributed by atoms with Gasteiger partial charge in [-0.2, -0.15) is 21.6 Å². The van der Waals surface area contributed by atoms with Gasteiger partial charge in [0.25, 0.3) is 0 Å². The minimum absolute atomic E-state index is 1.90. The summed E-state index contributed by atoms with van der Waals surface area (Å²) in [6, 6.07) is 0. The van der Waals surface area contributed by atoms with E-state index in [9.17, 15) is 21.6 Å². The van der Waals surface area contributed by atoms with Gasteiger partial charge in [-0.1, -0.05) is 4.33 Å². The standard InChI is InChI=1S/CF3O4S/c2-1(3,4)9(6,7)8-5. The highest BCUT2D eigenvalue weighted by molar-refractivity contribution is 7.87. The van der Waals surface area contributed by atoms with Crippen LogP contribution in [0.4, 0.5) is 13.2 Å². The fourth-order valence-electron chi connectivity index (χ4n) is 0.0386. The molecule has 0 saturated heterocycles. The molecule has 9 heavy (non-hydrogen) atoms. The highest BCUT2D eigenvalue weighted by Gasteiger charge is 2.48.